The first-order chi connectivity index (χ1) is 8.65. The molecule has 0 aromatic carbocycles. The van der Waals surface area contributed by atoms with Crippen molar-refractivity contribution in [2.45, 2.75) is 38.2 Å². The summed E-state index contributed by atoms with van der Waals surface area (Å²) in [5.74, 6) is 0.939. The van der Waals surface area contributed by atoms with Gasteiger partial charge in [-0.15, -0.1) is 0 Å². The Bertz CT molecular complexity index is 378. The molecule has 1 N–H and O–H groups in total. The molecule has 18 heavy (non-hydrogen) atoms. The Morgan fingerprint density at radius 3 is 2.83 bits per heavy atom. The minimum absolute atomic E-state index is 0.171. The Kier molecular flexibility index (Phi) is 4.07. The lowest BCUT2D eigenvalue weighted by Crippen LogP contribution is -2.46. The Labute approximate surface area is 108 Å². The molecule has 2 rings (SSSR count). The normalized spacial score (nSPS) is 28.0. The van der Waals surface area contributed by atoms with Crippen LogP contribution in [-0.4, -0.2) is 25.2 Å². The van der Waals surface area contributed by atoms with Crippen LogP contribution in [0.5, 0.6) is 0 Å². The van der Waals surface area contributed by atoms with Gasteiger partial charge in [0.2, 0.25) is 0 Å². The summed E-state index contributed by atoms with van der Waals surface area (Å²) in [5.41, 5.74) is -0.200. The van der Waals surface area contributed by atoms with Crippen LogP contribution >= 0.6 is 0 Å². The predicted molar refractivity (Wildman–Crippen MR) is 68.4 cm³/mol. The minimum atomic E-state index is -0.200. The zero-order valence-corrected chi connectivity index (χ0v) is 11.1. The summed E-state index contributed by atoms with van der Waals surface area (Å²) < 4.78 is 10.7. The number of ether oxygens (including phenoxy) is 1. The molecule has 1 aromatic rings. The summed E-state index contributed by atoms with van der Waals surface area (Å²) in [4.78, 5) is 11.8. The summed E-state index contributed by atoms with van der Waals surface area (Å²) in [6.07, 6.45) is 5.82. The number of rotatable bonds is 4. The van der Waals surface area contributed by atoms with Crippen molar-refractivity contribution in [2.75, 3.05) is 13.7 Å². The lowest BCUT2D eigenvalue weighted by Gasteiger charge is -2.38. The van der Waals surface area contributed by atoms with Gasteiger partial charge in [-0.25, -0.2) is 0 Å². The van der Waals surface area contributed by atoms with Crippen molar-refractivity contribution in [1.82, 2.24) is 5.32 Å². The SMILES string of the molecule is COC1(CNC(=O)c2ccco2)CCC(C)CC1. The van der Waals surface area contributed by atoms with Crippen LogP contribution in [-0.2, 0) is 4.74 Å². The molecule has 1 aliphatic carbocycles. The highest BCUT2D eigenvalue weighted by Gasteiger charge is 2.34. The van der Waals surface area contributed by atoms with Crippen LogP contribution < -0.4 is 5.32 Å². The van der Waals surface area contributed by atoms with Crippen molar-refractivity contribution in [3.05, 3.63) is 24.2 Å². The maximum Gasteiger partial charge on any atom is 0.287 e. The van der Waals surface area contributed by atoms with Gasteiger partial charge >= 0.3 is 0 Å². The van der Waals surface area contributed by atoms with Crippen LogP contribution in [0.3, 0.4) is 0 Å². The van der Waals surface area contributed by atoms with Crippen LogP contribution in [0, 0.1) is 5.92 Å². The quantitative estimate of drug-likeness (QED) is 0.895. The molecular weight excluding hydrogens is 230 g/mol. The van der Waals surface area contributed by atoms with E-state index in [2.05, 4.69) is 12.2 Å². The van der Waals surface area contributed by atoms with Crippen molar-refractivity contribution in [3.63, 3.8) is 0 Å². The Morgan fingerprint density at radius 1 is 1.56 bits per heavy atom. The van der Waals surface area contributed by atoms with E-state index in [0.29, 0.717) is 12.3 Å². The van der Waals surface area contributed by atoms with Crippen molar-refractivity contribution in [2.24, 2.45) is 5.92 Å². The molecule has 0 spiro atoms. The van der Waals surface area contributed by atoms with E-state index in [1.54, 1.807) is 19.2 Å². The molecule has 0 atom stereocenters. The number of carbonyl (C=O) groups is 1. The van der Waals surface area contributed by atoms with Gasteiger partial charge < -0.3 is 14.5 Å². The highest BCUT2D eigenvalue weighted by molar-refractivity contribution is 5.91. The first-order valence-corrected chi connectivity index (χ1v) is 6.52. The summed E-state index contributed by atoms with van der Waals surface area (Å²) in [5, 5.41) is 2.90. The Balaban J connectivity index is 1.89. The van der Waals surface area contributed by atoms with Gasteiger partial charge in [-0.2, -0.15) is 0 Å². The molecule has 4 heteroatoms. The van der Waals surface area contributed by atoms with Gasteiger partial charge in [-0.3, -0.25) is 4.79 Å². The second-order valence-corrected chi connectivity index (χ2v) is 5.23. The molecule has 100 valence electrons. The third kappa shape index (κ3) is 2.93. The smallest absolute Gasteiger partial charge is 0.287 e. The molecule has 0 aliphatic heterocycles. The first kappa shape index (κ1) is 13.1. The summed E-state index contributed by atoms with van der Waals surface area (Å²) in [7, 11) is 1.73. The van der Waals surface area contributed by atoms with Crippen LogP contribution in [0.1, 0.15) is 43.2 Å². The number of hydrogen-bond acceptors (Lipinski definition) is 3. The van der Waals surface area contributed by atoms with Gasteiger partial charge in [-0.1, -0.05) is 6.92 Å². The molecular formula is C14H21NO3. The van der Waals surface area contributed by atoms with Crippen LogP contribution in [0.2, 0.25) is 0 Å². The zero-order valence-electron chi connectivity index (χ0n) is 11.1. The largest absolute Gasteiger partial charge is 0.459 e. The van der Waals surface area contributed by atoms with E-state index in [-0.39, 0.29) is 11.5 Å². The molecule has 1 aromatic heterocycles. The molecule has 1 heterocycles. The second kappa shape index (κ2) is 5.57. The summed E-state index contributed by atoms with van der Waals surface area (Å²) in [6, 6.07) is 3.38. The van der Waals surface area contributed by atoms with E-state index in [1.807, 2.05) is 0 Å². The number of furan rings is 1. The Morgan fingerprint density at radius 2 is 2.28 bits per heavy atom. The lowest BCUT2D eigenvalue weighted by atomic mass is 9.79. The molecule has 1 fully saturated rings. The lowest BCUT2D eigenvalue weighted by molar-refractivity contribution is -0.0447. The average Bonchev–Trinajstić information content (AvgIpc) is 2.92. The summed E-state index contributed by atoms with van der Waals surface area (Å²) in [6.45, 7) is 2.82. The summed E-state index contributed by atoms with van der Waals surface area (Å²) >= 11 is 0. The Hall–Kier alpha value is -1.29. The topological polar surface area (TPSA) is 51.5 Å². The van der Waals surface area contributed by atoms with E-state index < -0.39 is 0 Å². The monoisotopic (exact) mass is 251 g/mol. The second-order valence-electron chi connectivity index (χ2n) is 5.23. The predicted octanol–water partition coefficient (Wildman–Crippen LogP) is 2.60. The van der Waals surface area contributed by atoms with Crippen LogP contribution in [0.25, 0.3) is 0 Å². The molecule has 1 amide bonds. The first-order valence-electron chi connectivity index (χ1n) is 6.52. The zero-order chi connectivity index (χ0) is 13.0. The van der Waals surface area contributed by atoms with Gasteiger partial charge in [0, 0.05) is 13.7 Å². The maximum absolute atomic E-state index is 11.8. The fourth-order valence-corrected chi connectivity index (χ4v) is 2.48. The van der Waals surface area contributed by atoms with E-state index in [0.717, 1.165) is 31.6 Å². The van der Waals surface area contributed by atoms with Gasteiger partial charge in [0.1, 0.15) is 0 Å². The van der Waals surface area contributed by atoms with Crippen molar-refractivity contribution in [3.8, 4) is 0 Å². The number of nitrogens with one attached hydrogen (secondary N) is 1. The van der Waals surface area contributed by atoms with Crippen molar-refractivity contribution < 1.29 is 13.9 Å². The number of methoxy groups -OCH3 is 1. The number of carbonyl (C=O) groups excluding carboxylic acids is 1. The fourth-order valence-electron chi connectivity index (χ4n) is 2.48. The van der Waals surface area contributed by atoms with Gasteiger partial charge in [0.15, 0.2) is 5.76 Å². The molecule has 1 saturated carbocycles. The molecule has 4 nitrogen and oxygen atoms in total. The molecule has 0 bridgehead atoms. The highest BCUT2D eigenvalue weighted by Crippen LogP contribution is 2.33. The van der Waals surface area contributed by atoms with Crippen molar-refractivity contribution >= 4 is 5.91 Å². The fraction of sp³-hybridized carbons (Fsp3) is 0.643. The third-order valence-corrected chi connectivity index (χ3v) is 3.93. The molecule has 0 saturated heterocycles. The number of amides is 1. The van der Waals surface area contributed by atoms with Gasteiger partial charge in [-0.05, 0) is 43.7 Å². The molecule has 1 aliphatic rings. The van der Waals surface area contributed by atoms with E-state index in [9.17, 15) is 4.79 Å². The van der Waals surface area contributed by atoms with Crippen LogP contribution in [0.15, 0.2) is 22.8 Å². The average molecular weight is 251 g/mol. The molecule has 0 radical (unpaired) electrons. The van der Waals surface area contributed by atoms with Gasteiger partial charge in [0.05, 0.1) is 11.9 Å². The van der Waals surface area contributed by atoms with Gasteiger partial charge in [0.25, 0.3) is 5.91 Å². The van der Waals surface area contributed by atoms with Crippen LogP contribution in [0.4, 0.5) is 0 Å². The highest BCUT2D eigenvalue weighted by atomic mass is 16.5. The third-order valence-electron chi connectivity index (χ3n) is 3.93. The van der Waals surface area contributed by atoms with E-state index in [1.165, 1.54) is 6.26 Å². The van der Waals surface area contributed by atoms with E-state index in [4.69, 9.17) is 9.15 Å². The maximum atomic E-state index is 11.8. The van der Waals surface area contributed by atoms with E-state index >= 15 is 0 Å². The number of hydrogen-bond donors (Lipinski definition) is 1. The van der Waals surface area contributed by atoms with Crippen molar-refractivity contribution in [1.29, 1.82) is 0 Å². The minimum Gasteiger partial charge on any atom is -0.459 e. The molecule has 0 unspecified atom stereocenters. The standard InChI is InChI=1S/C14H21NO3/c1-11-5-7-14(17-2,8-6-11)10-15-13(16)12-4-3-9-18-12/h3-4,9,11H,5-8,10H2,1-2H3,(H,15,16).